The van der Waals surface area contributed by atoms with Crippen molar-refractivity contribution in [2.75, 3.05) is 0 Å². The zero-order valence-electron chi connectivity index (χ0n) is 6.49. The Morgan fingerprint density at radius 3 is 2.64 bits per heavy atom. The van der Waals surface area contributed by atoms with Crippen LogP contribution in [-0.4, -0.2) is 15.8 Å². The molecule has 0 aliphatic heterocycles. The van der Waals surface area contributed by atoms with Crippen LogP contribution in [0.1, 0.15) is 13.3 Å². The van der Waals surface area contributed by atoms with Crippen LogP contribution in [0.25, 0.3) is 0 Å². The first kappa shape index (κ1) is 7.90. The van der Waals surface area contributed by atoms with Crippen molar-refractivity contribution in [3.05, 3.63) is 24.5 Å². The molecule has 0 aromatic carbocycles. The zero-order valence-corrected chi connectivity index (χ0v) is 6.49. The van der Waals surface area contributed by atoms with Crippen molar-refractivity contribution in [3.63, 3.8) is 0 Å². The fraction of sp³-hybridized carbons (Fsp3) is 0.333. The Balaban J connectivity index is 2.46. The summed E-state index contributed by atoms with van der Waals surface area (Å²) < 4.78 is 1.77. The molecule has 0 bridgehead atoms. The zero-order chi connectivity index (χ0) is 8.10. The van der Waals surface area contributed by atoms with Gasteiger partial charge in [-0.3, -0.25) is 4.57 Å². The van der Waals surface area contributed by atoms with Crippen LogP contribution in [0, 0.1) is 12.0 Å². The molecule has 11 heavy (non-hydrogen) atoms. The first-order valence-electron chi connectivity index (χ1n) is 3.59. The highest BCUT2D eigenvalue weighted by atomic mass is 16.3. The lowest BCUT2D eigenvalue weighted by molar-refractivity contribution is 0.201. The average Bonchev–Trinajstić information content (AvgIpc) is 2.39. The summed E-state index contributed by atoms with van der Waals surface area (Å²) in [6, 6.07) is 6.69. The second-order valence-electron chi connectivity index (χ2n) is 2.43. The maximum absolute atomic E-state index is 8.87. The topological polar surface area (TPSA) is 25.2 Å². The minimum absolute atomic E-state index is 0.335. The van der Waals surface area contributed by atoms with E-state index in [1.807, 2.05) is 24.5 Å². The van der Waals surface area contributed by atoms with Gasteiger partial charge in [0.25, 0.3) is 0 Å². The van der Waals surface area contributed by atoms with Gasteiger partial charge in [0.2, 0.25) is 0 Å². The molecule has 2 nitrogen and oxygen atoms in total. The average molecular weight is 149 g/mol. The Bertz CT molecular complexity index is 251. The largest absolute Gasteiger partial charge is 0.392 e. The van der Waals surface area contributed by atoms with Crippen LogP contribution in [-0.2, 0) is 0 Å². The van der Waals surface area contributed by atoms with Crippen molar-refractivity contribution in [3.8, 4) is 12.0 Å². The first-order chi connectivity index (χ1) is 5.29. The van der Waals surface area contributed by atoms with E-state index in [1.54, 1.807) is 11.5 Å². The molecule has 1 aromatic rings. The second kappa shape index (κ2) is 3.85. The lowest BCUT2D eigenvalue weighted by Crippen LogP contribution is -1.96. The smallest absolute Gasteiger partial charge is 0.0621 e. The molecule has 1 unspecified atom stereocenters. The van der Waals surface area contributed by atoms with Gasteiger partial charge in [-0.1, -0.05) is 5.92 Å². The van der Waals surface area contributed by atoms with E-state index in [2.05, 4.69) is 12.0 Å². The summed E-state index contributed by atoms with van der Waals surface area (Å²) in [6.45, 7) is 1.73. The molecular formula is C9H11NO. The number of hydrogen-bond donors (Lipinski definition) is 1. The molecule has 0 saturated carbocycles. The number of aliphatic hydroxyl groups is 1. The minimum Gasteiger partial charge on any atom is -0.392 e. The highest BCUT2D eigenvalue weighted by molar-refractivity contribution is 5.07. The number of aliphatic hydroxyl groups excluding tert-OH is 1. The molecule has 0 fully saturated rings. The summed E-state index contributed by atoms with van der Waals surface area (Å²) in [4.78, 5) is 0. The Morgan fingerprint density at radius 2 is 2.09 bits per heavy atom. The summed E-state index contributed by atoms with van der Waals surface area (Å²) in [5, 5.41) is 8.87. The molecule has 0 spiro atoms. The molecule has 0 radical (unpaired) electrons. The molecule has 2 heteroatoms. The number of hydrogen-bond acceptors (Lipinski definition) is 1. The quantitative estimate of drug-likeness (QED) is 0.593. The van der Waals surface area contributed by atoms with Gasteiger partial charge >= 0.3 is 0 Å². The number of rotatable bonds is 1. The van der Waals surface area contributed by atoms with Crippen molar-refractivity contribution in [1.82, 2.24) is 4.57 Å². The van der Waals surface area contributed by atoms with Crippen molar-refractivity contribution in [2.45, 2.75) is 19.4 Å². The van der Waals surface area contributed by atoms with E-state index >= 15 is 0 Å². The lowest BCUT2D eigenvalue weighted by Gasteiger charge is -1.92. The normalized spacial score (nSPS) is 11.8. The van der Waals surface area contributed by atoms with Gasteiger partial charge in [0, 0.05) is 24.9 Å². The lowest BCUT2D eigenvalue weighted by atomic mass is 10.3. The van der Waals surface area contributed by atoms with Crippen molar-refractivity contribution < 1.29 is 5.11 Å². The summed E-state index contributed by atoms with van der Waals surface area (Å²) in [7, 11) is 0. The fourth-order valence-electron chi connectivity index (χ4n) is 0.694. The van der Waals surface area contributed by atoms with E-state index in [0.29, 0.717) is 6.42 Å². The van der Waals surface area contributed by atoms with E-state index in [1.165, 1.54) is 0 Å². The van der Waals surface area contributed by atoms with Gasteiger partial charge in [-0.2, -0.15) is 0 Å². The van der Waals surface area contributed by atoms with E-state index < -0.39 is 0 Å². The van der Waals surface area contributed by atoms with Gasteiger partial charge in [0.1, 0.15) is 0 Å². The molecule has 58 valence electrons. The summed E-state index contributed by atoms with van der Waals surface area (Å²) >= 11 is 0. The van der Waals surface area contributed by atoms with Gasteiger partial charge in [-0.25, -0.2) is 0 Å². The van der Waals surface area contributed by atoms with Crippen molar-refractivity contribution in [1.29, 1.82) is 0 Å². The monoisotopic (exact) mass is 149 g/mol. The number of aromatic nitrogens is 1. The molecule has 1 N–H and O–H groups in total. The van der Waals surface area contributed by atoms with E-state index in [0.717, 1.165) is 0 Å². The molecule has 0 aliphatic carbocycles. The fourth-order valence-corrected chi connectivity index (χ4v) is 0.694. The maximum Gasteiger partial charge on any atom is 0.0621 e. The van der Waals surface area contributed by atoms with E-state index in [-0.39, 0.29) is 6.10 Å². The summed E-state index contributed by atoms with van der Waals surface area (Å²) in [5.74, 6) is 2.85. The van der Waals surface area contributed by atoms with Gasteiger partial charge < -0.3 is 5.11 Å². The van der Waals surface area contributed by atoms with E-state index in [4.69, 9.17) is 5.11 Å². The third-order valence-electron chi connectivity index (χ3n) is 1.21. The van der Waals surface area contributed by atoms with Crippen LogP contribution in [0.15, 0.2) is 24.5 Å². The highest BCUT2D eigenvalue weighted by Crippen LogP contribution is 1.87. The van der Waals surface area contributed by atoms with Crippen LogP contribution >= 0.6 is 0 Å². The molecule has 1 heterocycles. The van der Waals surface area contributed by atoms with Crippen molar-refractivity contribution >= 4 is 0 Å². The van der Waals surface area contributed by atoms with Gasteiger partial charge in [-0.05, 0) is 19.1 Å². The Morgan fingerprint density at radius 1 is 1.45 bits per heavy atom. The van der Waals surface area contributed by atoms with Gasteiger partial charge in [-0.15, -0.1) is 0 Å². The molecule has 1 atom stereocenters. The summed E-state index contributed by atoms with van der Waals surface area (Å²) in [6.07, 6.45) is 3.93. The van der Waals surface area contributed by atoms with Gasteiger partial charge in [0.05, 0.1) is 6.10 Å². The van der Waals surface area contributed by atoms with Crippen LogP contribution in [0.2, 0.25) is 0 Å². The van der Waals surface area contributed by atoms with Crippen LogP contribution in [0.5, 0.6) is 0 Å². The Hall–Kier alpha value is -1.20. The predicted octanol–water partition coefficient (Wildman–Crippen LogP) is 1.07. The minimum atomic E-state index is -0.335. The Labute approximate surface area is 66.5 Å². The first-order valence-corrected chi connectivity index (χ1v) is 3.59. The van der Waals surface area contributed by atoms with Crippen molar-refractivity contribution in [2.24, 2.45) is 0 Å². The maximum atomic E-state index is 8.87. The van der Waals surface area contributed by atoms with Gasteiger partial charge in [0.15, 0.2) is 0 Å². The Kier molecular flexibility index (Phi) is 2.76. The third kappa shape index (κ3) is 2.92. The highest BCUT2D eigenvalue weighted by Gasteiger charge is 1.87. The second-order valence-corrected chi connectivity index (χ2v) is 2.43. The molecule has 0 saturated heterocycles. The standard InChI is InChI=1S/C9H11NO/c1-9(11)5-4-8-10-6-2-3-7-10/h2-3,6-7,9,11H,5H2,1H3. The van der Waals surface area contributed by atoms with Crippen LogP contribution < -0.4 is 0 Å². The SMILES string of the molecule is CC(O)CC#Cn1cccc1. The molecule has 0 aliphatic rings. The van der Waals surface area contributed by atoms with Crippen LogP contribution in [0.3, 0.4) is 0 Å². The molecule has 1 aromatic heterocycles. The molecule has 0 amide bonds. The molecular weight excluding hydrogens is 138 g/mol. The summed E-state index contributed by atoms with van der Waals surface area (Å²) in [5.41, 5.74) is 0. The predicted molar refractivity (Wildman–Crippen MR) is 43.9 cm³/mol. The van der Waals surface area contributed by atoms with E-state index in [9.17, 15) is 0 Å². The number of nitrogens with zero attached hydrogens (tertiary/aromatic N) is 1. The third-order valence-corrected chi connectivity index (χ3v) is 1.21. The van der Waals surface area contributed by atoms with Crippen LogP contribution in [0.4, 0.5) is 0 Å². The molecule has 1 rings (SSSR count).